The summed E-state index contributed by atoms with van der Waals surface area (Å²) in [4.78, 5) is 19.8. The Morgan fingerprint density at radius 2 is 1.63 bits per heavy atom. The van der Waals surface area contributed by atoms with Crippen LogP contribution < -0.4 is 19.1 Å². The van der Waals surface area contributed by atoms with Crippen LogP contribution in [0.3, 0.4) is 0 Å². The van der Waals surface area contributed by atoms with Gasteiger partial charge in [-0.1, -0.05) is 35.9 Å². The number of hydrogen-bond donors (Lipinski definition) is 1. The Morgan fingerprint density at radius 3 is 2.22 bits per heavy atom. The van der Waals surface area contributed by atoms with Gasteiger partial charge >= 0.3 is 0 Å². The molecule has 1 N–H and O–H groups in total. The summed E-state index contributed by atoms with van der Waals surface area (Å²) < 4.78 is 16.8. The molecule has 1 aromatic heterocycles. The molecule has 0 bridgehead atoms. The van der Waals surface area contributed by atoms with Crippen LogP contribution in [-0.4, -0.2) is 36.3 Å². The van der Waals surface area contributed by atoms with Gasteiger partial charge in [-0.05, 0) is 85.5 Å². The second-order valence-corrected chi connectivity index (χ2v) is 10.9. The molecule has 8 heteroatoms. The smallest absolute Gasteiger partial charge is 0.232 e. The summed E-state index contributed by atoms with van der Waals surface area (Å²) in [5.74, 6) is 1.62. The summed E-state index contributed by atoms with van der Waals surface area (Å²) in [6.07, 6.45) is 1.74. The molecule has 212 valence electrons. The van der Waals surface area contributed by atoms with Gasteiger partial charge < -0.3 is 24.2 Å². The number of benzene rings is 3. The molecule has 0 radical (unpaired) electrons. The van der Waals surface area contributed by atoms with Gasteiger partial charge in [0.05, 0.1) is 32.8 Å². The molecule has 0 saturated carbocycles. The van der Waals surface area contributed by atoms with Crippen LogP contribution in [0.15, 0.2) is 79.0 Å². The van der Waals surface area contributed by atoms with E-state index < -0.39 is 11.6 Å². The van der Waals surface area contributed by atoms with E-state index in [2.05, 4.69) is 4.98 Å². The molecule has 41 heavy (non-hydrogen) atoms. The fraction of sp³-hybridized carbons (Fsp3) is 0.273. The second kappa shape index (κ2) is 11.4. The van der Waals surface area contributed by atoms with Crippen molar-refractivity contribution in [2.45, 2.75) is 44.9 Å². The predicted molar refractivity (Wildman–Crippen MR) is 159 cm³/mol. The molecule has 1 amide bonds. The number of pyridine rings is 1. The SMILES string of the molecule is COc1ccc([C@@](C)(O)c2ccc(N3C(=O)Cc4cc(OC)c(OC(C)C)cc4C3c3ccc(Cl)cc3)cc2)cn1. The van der Waals surface area contributed by atoms with Gasteiger partial charge in [-0.3, -0.25) is 4.79 Å². The number of carbonyl (C=O) groups excluding carboxylic acids is 1. The molecule has 4 aromatic rings. The van der Waals surface area contributed by atoms with E-state index in [1.54, 1.807) is 44.4 Å². The minimum absolute atomic E-state index is 0.0569. The molecule has 1 aliphatic rings. The lowest BCUT2D eigenvalue weighted by Gasteiger charge is -2.38. The number of carbonyl (C=O) groups is 1. The van der Waals surface area contributed by atoms with Gasteiger partial charge in [0, 0.05) is 28.5 Å². The van der Waals surface area contributed by atoms with Gasteiger partial charge in [-0.15, -0.1) is 0 Å². The highest BCUT2D eigenvalue weighted by molar-refractivity contribution is 6.30. The minimum atomic E-state index is -1.30. The number of halogens is 1. The summed E-state index contributed by atoms with van der Waals surface area (Å²) in [6, 6.07) is 21.9. The molecule has 2 heterocycles. The van der Waals surface area contributed by atoms with Gasteiger partial charge in [-0.25, -0.2) is 4.98 Å². The third kappa shape index (κ3) is 5.60. The second-order valence-electron chi connectivity index (χ2n) is 10.5. The zero-order valence-corrected chi connectivity index (χ0v) is 24.5. The van der Waals surface area contributed by atoms with Crippen molar-refractivity contribution in [1.29, 1.82) is 0 Å². The fourth-order valence-corrected chi connectivity index (χ4v) is 5.36. The lowest BCUT2D eigenvalue weighted by molar-refractivity contribution is -0.118. The van der Waals surface area contributed by atoms with Crippen LogP contribution in [0.5, 0.6) is 17.4 Å². The highest BCUT2D eigenvalue weighted by Gasteiger charge is 2.36. The van der Waals surface area contributed by atoms with E-state index in [-0.39, 0.29) is 18.4 Å². The number of nitrogens with zero attached hydrogens (tertiary/aromatic N) is 2. The fourth-order valence-electron chi connectivity index (χ4n) is 5.23. The Hall–Kier alpha value is -4.07. The van der Waals surface area contributed by atoms with Gasteiger partial charge in [0.2, 0.25) is 11.8 Å². The monoisotopic (exact) mass is 572 g/mol. The summed E-state index contributed by atoms with van der Waals surface area (Å²) in [7, 11) is 3.14. The third-order valence-electron chi connectivity index (χ3n) is 7.35. The lowest BCUT2D eigenvalue weighted by atomic mass is 9.86. The summed E-state index contributed by atoms with van der Waals surface area (Å²) >= 11 is 6.23. The topological polar surface area (TPSA) is 81.1 Å². The Bertz CT molecular complexity index is 1530. The first-order chi connectivity index (χ1) is 19.6. The Morgan fingerprint density at radius 1 is 0.951 bits per heavy atom. The normalized spacial score (nSPS) is 16.2. The molecule has 1 aliphatic heterocycles. The molecule has 0 saturated heterocycles. The first-order valence-electron chi connectivity index (χ1n) is 13.4. The first kappa shape index (κ1) is 28.5. The molecule has 3 aromatic carbocycles. The molecular weight excluding hydrogens is 540 g/mol. The maximum Gasteiger partial charge on any atom is 0.232 e. The molecule has 0 aliphatic carbocycles. The summed E-state index contributed by atoms with van der Waals surface area (Å²) in [5, 5.41) is 12.0. The van der Waals surface area contributed by atoms with E-state index in [0.29, 0.717) is 39.2 Å². The van der Waals surface area contributed by atoms with Crippen molar-refractivity contribution in [2.24, 2.45) is 0 Å². The molecule has 0 spiro atoms. The zero-order chi connectivity index (χ0) is 29.3. The van der Waals surface area contributed by atoms with Crippen molar-refractivity contribution in [3.05, 3.63) is 112 Å². The number of methoxy groups -OCH3 is 2. The van der Waals surface area contributed by atoms with E-state index in [9.17, 15) is 9.90 Å². The van der Waals surface area contributed by atoms with Crippen LogP contribution in [0.2, 0.25) is 5.02 Å². The number of aromatic nitrogens is 1. The number of anilines is 1. The highest BCUT2D eigenvalue weighted by Crippen LogP contribution is 2.44. The molecule has 1 unspecified atom stereocenters. The first-order valence-corrected chi connectivity index (χ1v) is 13.8. The summed E-state index contributed by atoms with van der Waals surface area (Å²) in [5.41, 5.74) is 3.43. The molecule has 0 fully saturated rings. The van der Waals surface area contributed by atoms with Crippen molar-refractivity contribution in [3.8, 4) is 17.4 Å². The number of aliphatic hydroxyl groups is 1. The Kier molecular flexibility index (Phi) is 7.93. The third-order valence-corrected chi connectivity index (χ3v) is 7.60. The largest absolute Gasteiger partial charge is 0.493 e. The molecule has 5 rings (SSSR count). The average Bonchev–Trinajstić information content (AvgIpc) is 2.96. The van der Waals surface area contributed by atoms with Crippen LogP contribution in [-0.2, 0) is 16.8 Å². The number of amides is 1. The van der Waals surface area contributed by atoms with E-state index in [4.69, 9.17) is 25.8 Å². The van der Waals surface area contributed by atoms with Gasteiger partial charge in [0.25, 0.3) is 0 Å². The van der Waals surface area contributed by atoms with Crippen LogP contribution in [0, 0.1) is 0 Å². The van der Waals surface area contributed by atoms with E-state index >= 15 is 0 Å². The highest BCUT2D eigenvalue weighted by atomic mass is 35.5. The van der Waals surface area contributed by atoms with E-state index in [0.717, 1.165) is 16.7 Å². The number of rotatable bonds is 8. The number of ether oxygens (including phenoxy) is 3. The van der Waals surface area contributed by atoms with Gasteiger partial charge in [0.15, 0.2) is 11.5 Å². The molecule has 7 nitrogen and oxygen atoms in total. The van der Waals surface area contributed by atoms with Crippen LogP contribution in [0.1, 0.15) is 54.6 Å². The van der Waals surface area contributed by atoms with Crippen molar-refractivity contribution in [1.82, 2.24) is 4.98 Å². The van der Waals surface area contributed by atoms with Gasteiger partial charge in [0.1, 0.15) is 5.60 Å². The quantitative estimate of drug-likeness (QED) is 0.260. The standard InChI is InChI=1S/C33H33ClN2O5/c1-20(2)41-29-18-27-22(16-28(29)39-4)17-31(37)36(32(27)21-6-11-25(34)12-7-21)26-13-8-23(9-14-26)33(3,38)24-10-15-30(40-5)35-19-24/h6-16,18-20,32,38H,17H2,1-5H3/t32?,33-/m0/s1. The number of fused-ring (bicyclic) bond motifs is 1. The predicted octanol–water partition coefficient (Wildman–Crippen LogP) is 6.47. The lowest BCUT2D eigenvalue weighted by Crippen LogP contribution is -2.41. The average molecular weight is 573 g/mol. The molecular formula is C33H33ClN2O5. The van der Waals surface area contributed by atoms with Crippen molar-refractivity contribution >= 4 is 23.2 Å². The maximum absolute atomic E-state index is 13.8. The van der Waals surface area contributed by atoms with Gasteiger partial charge in [-0.2, -0.15) is 0 Å². The van der Waals surface area contributed by atoms with Crippen molar-refractivity contribution in [2.75, 3.05) is 19.1 Å². The zero-order valence-electron chi connectivity index (χ0n) is 23.7. The molecule has 2 atom stereocenters. The van der Waals surface area contributed by atoms with Crippen molar-refractivity contribution in [3.63, 3.8) is 0 Å². The minimum Gasteiger partial charge on any atom is -0.493 e. The maximum atomic E-state index is 13.8. The van der Waals surface area contributed by atoms with Crippen LogP contribution in [0.25, 0.3) is 0 Å². The summed E-state index contributed by atoms with van der Waals surface area (Å²) in [6.45, 7) is 5.64. The van der Waals surface area contributed by atoms with Crippen LogP contribution in [0.4, 0.5) is 5.69 Å². The van der Waals surface area contributed by atoms with E-state index in [1.807, 2.05) is 74.5 Å². The van der Waals surface area contributed by atoms with Crippen molar-refractivity contribution < 1.29 is 24.1 Å². The van der Waals surface area contributed by atoms with E-state index in [1.165, 1.54) is 0 Å². The van der Waals surface area contributed by atoms with Crippen LogP contribution >= 0.6 is 11.6 Å². The Labute approximate surface area is 245 Å². The Balaban J connectivity index is 1.58. The number of hydrogen-bond acceptors (Lipinski definition) is 6.